The minimum absolute atomic E-state index is 0.0962. The minimum Gasteiger partial charge on any atom is -0.324 e. The van der Waals surface area contributed by atoms with Gasteiger partial charge in [0, 0.05) is 29.4 Å². The number of halogens is 5. The summed E-state index contributed by atoms with van der Waals surface area (Å²) in [6.45, 7) is -1.51. The molecule has 0 bridgehead atoms. The molecule has 0 aliphatic heterocycles. The van der Waals surface area contributed by atoms with Crippen molar-refractivity contribution in [1.82, 2.24) is 14.5 Å². The summed E-state index contributed by atoms with van der Waals surface area (Å²) in [4.78, 5) is 19.5. The molecule has 2 aromatic heterocycles. The van der Waals surface area contributed by atoms with Gasteiger partial charge in [-0.2, -0.15) is 18.2 Å². The summed E-state index contributed by atoms with van der Waals surface area (Å²) in [7, 11) is 0. The van der Waals surface area contributed by atoms with Gasteiger partial charge in [0.25, 0.3) is 5.56 Å². The van der Waals surface area contributed by atoms with Crippen molar-refractivity contribution in [3.05, 3.63) is 58.5 Å². The lowest BCUT2D eigenvalue weighted by Gasteiger charge is -2.12. The van der Waals surface area contributed by atoms with Crippen molar-refractivity contribution in [3.63, 3.8) is 0 Å². The fourth-order valence-corrected chi connectivity index (χ4v) is 2.17. The molecule has 0 spiro atoms. The molecule has 0 aliphatic rings. The number of nitrogens with zero attached hydrogens (tertiary/aromatic N) is 3. The quantitative estimate of drug-likeness (QED) is 0.731. The lowest BCUT2D eigenvalue weighted by Crippen LogP contribution is -2.28. The Morgan fingerprint density at radius 3 is 2.52 bits per heavy atom. The van der Waals surface area contributed by atoms with Crippen LogP contribution in [-0.2, 0) is 6.54 Å². The molecule has 5 nitrogen and oxygen atoms in total. The molecule has 2 heterocycles. The van der Waals surface area contributed by atoms with Gasteiger partial charge < -0.3 is 5.32 Å². The molecule has 0 aliphatic carbocycles. The maximum atomic E-state index is 13.2. The van der Waals surface area contributed by atoms with Crippen LogP contribution >= 0.6 is 0 Å². The Balaban J connectivity index is 2.04. The highest BCUT2D eigenvalue weighted by atomic mass is 19.4. The summed E-state index contributed by atoms with van der Waals surface area (Å²) in [5.41, 5.74) is -1.01. The second kappa shape index (κ2) is 6.11. The zero-order valence-electron chi connectivity index (χ0n) is 12.3. The van der Waals surface area contributed by atoms with E-state index < -0.39 is 29.9 Å². The monoisotopic (exact) mass is 356 g/mol. The first-order valence-electron chi connectivity index (χ1n) is 6.88. The number of anilines is 2. The van der Waals surface area contributed by atoms with Gasteiger partial charge in [-0.3, -0.25) is 9.36 Å². The molecule has 0 radical (unpaired) electrons. The van der Waals surface area contributed by atoms with Gasteiger partial charge in [-0.25, -0.2) is 13.8 Å². The van der Waals surface area contributed by atoms with E-state index in [2.05, 4.69) is 15.3 Å². The third-order valence-electron chi connectivity index (χ3n) is 3.24. The molecule has 3 rings (SSSR count). The molecule has 0 saturated carbocycles. The molecule has 1 N–H and O–H groups in total. The number of fused-ring (bicyclic) bond motifs is 1. The van der Waals surface area contributed by atoms with E-state index in [-0.39, 0.29) is 22.7 Å². The van der Waals surface area contributed by atoms with Gasteiger partial charge in [0.15, 0.2) is 11.6 Å². The highest BCUT2D eigenvalue weighted by Crippen LogP contribution is 2.21. The number of aromatic nitrogens is 3. The molecule has 0 fully saturated rings. The van der Waals surface area contributed by atoms with E-state index in [4.69, 9.17) is 0 Å². The van der Waals surface area contributed by atoms with Gasteiger partial charge in [-0.05, 0) is 18.2 Å². The average molecular weight is 356 g/mol. The van der Waals surface area contributed by atoms with Crippen molar-refractivity contribution in [2.45, 2.75) is 12.7 Å². The highest BCUT2D eigenvalue weighted by Gasteiger charge is 2.29. The summed E-state index contributed by atoms with van der Waals surface area (Å²) in [6, 6.07) is 5.21. The van der Waals surface area contributed by atoms with E-state index in [0.717, 1.165) is 18.2 Å². The van der Waals surface area contributed by atoms with Crippen molar-refractivity contribution < 1.29 is 22.0 Å². The predicted molar refractivity (Wildman–Crippen MR) is 79.5 cm³/mol. The third-order valence-corrected chi connectivity index (χ3v) is 3.24. The second-order valence-corrected chi connectivity index (χ2v) is 5.10. The molecular formula is C15H9F5N4O. The van der Waals surface area contributed by atoms with E-state index in [9.17, 15) is 26.7 Å². The Bertz CT molecular complexity index is 999. The number of hydrogen-bond acceptors (Lipinski definition) is 4. The Morgan fingerprint density at radius 1 is 1.08 bits per heavy atom. The fourth-order valence-electron chi connectivity index (χ4n) is 2.17. The van der Waals surface area contributed by atoms with E-state index in [1.165, 1.54) is 18.3 Å². The predicted octanol–water partition coefficient (Wildman–Crippen LogP) is 3.38. The number of nitrogens with one attached hydrogen (secondary N) is 1. The van der Waals surface area contributed by atoms with E-state index in [1.807, 2.05) is 0 Å². The summed E-state index contributed by atoms with van der Waals surface area (Å²) >= 11 is 0. The molecule has 0 atom stereocenters. The Hall–Kier alpha value is -3.04. The topological polar surface area (TPSA) is 59.8 Å². The molecule has 3 aromatic rings. The minimum atomic E-state index is -4.61. The van der Waals surface area contributed by atoms with Gasteiger partial charge in [0.05, 0.1) is 0 Å². The molecule has 0 saturated heterocycles. The lowest BCUT2D eigenvalue weighted by atomic mass is 10.3. The van der Waals surface area contributed by atoms with Crippen molar-refractivity contribution in [1.29, 1.82) is 0 Å². The first kappa shape index (κ1) is 16.8. The number of alkyl halides is 3. The number of rotatable bonds is 3. The van der Waals surface area contributed by atoms with Crippen LogP contribution in [0, 0.1) is 11.6 Å². The van der Waals surface area contributed by atoms with Crippen LogP contribution in [0.4, 0.5) is 33.6 Å². The van der Waals surface area contributed by atoms with Crippen LogP contribution in [-0.4, -0.2) is 20.7 Å². The Kier molecular flexibility index (Phi) is 4.11. The molecule has 0 unspecified atom stereocenters. The molecule has 0 amide bonds. The van der Waals surface area contributed by atoms with Crippen LogP contribution in [0.3, 0.4) is 0 Å². The summed E-state index contributed by atoms with van der Waals surface area (Å²) in [5.74, 6) is -2.33. The van der Waals surface area contributed by atoms with E-state index >= 15 is 0 Å². The smallest absolute Gasteiger partial charge is 0.324 e. The third kappa shape index (κ3) is 3.73. The first-order valence-corrected chi connectivity index (χ1v) is 6.88. The van der Waals surface area contributed by atoms with Crippen LogP contribution in [0.15, 0.2) is 41.3 Å². The van der Waals surface area contributed by atoms with Crippen molar-refractivity contribution >= 4 is 22.7 Å². The van der Waals surface area contributed by atoms with Crippen LogP contribution in [0.5, 0.6) is 0 Å². The van der Waals surface area contributed by atoms with Crippen molar-refractivity contribution in [3.8, 4) is 0 Å². The largest absolute Gasteiger partial charge is 0.406 e. The molecular weight excluding hydrogens is 347 g/mol. The van der Waals surface area contributed by atoms with Gasteiger partial charge in [0.1, 0.15) is 12.2 Å². The zero-order chi connectivity index (χ0) is 18.2. The summed E-state index contributed by atoms with van der Waals surface area (Å²) in [5, 5.41) is 2.77. The standard InChI is InChI=1S/C15H9F5N4O/c16-10-3-2-9(5-11(10)17)22-14-21-6-8-1-4-12(25)24(13(8)23-14)7-15(18,19)20/h1-6H,7H2,(H,21,22,23). The average Bonchev–Trinajstić information content (AvgIpc) is 2.53. The van der Waals surface area contributed by atoms with Gasteiger partial charge in [-0.1, -0.05) is 0 Å². The number of benzene rings is 1. The highest BCUT2D eigenvalue weighted by molar-refractivity contribution is 5.75. The van der Waals surface area contributed by atoms with Crippen molar-refractivity contribution in [2.24, 2.45) is 0 Å². The first-order chi connectivity index (χ1) is 11.7. The lowest BCUT2D eigenvalue weighted by molar-refractivity contribution is -0.140. The van der Waals surface area contributed by atoms with Gasteiger partial charge in [0.2, 0.25) is 5.95 Å². The zero-order valence-corrected chi connectivity index (χ0v) is 12.3. The normalized spacial score (nSPS) is 11.7. The van der Waals surface area contributed by atoms with Crippen LogP contribution < -0.4 is 10.9 Å². The Labute approximate surface area is 136 Å². The second-order valence-electron chi connectivity index (χ2n) is 5.10. The fraction of sp³-hybridized carbons (Fsp3) is 0.133. The Morgan fingerprint density at radius 2 is 1.84 bits per heavy atom. The summed E-state index contributed by atoms with van der Waals surface area (Å²) < 4.78 is 64.6. The van der Waals surface area contributed by atoms with Gasteiger partial charge in [-0.15, -0.1) is 0 Å². The van der Waals surface area contributed by atoms with Crippen LogP contribution in [0.1, 0.15) is 0 Å². The summed E-state index contributed by atoms with van der Waals surface area (Å²) in [6.07, 6.45) is -3.40. The molecule has 25 heavy (non-hydrogen) atoms. The van der Waals surface area contributed by atoms with Crippen LogP contribution in [0.2, 0.25) is 0 Å². The maximum absolute atomic E-state index is 13.2. The SMILES string of the molecule is O=c1ccc2cnc(Nc3ccc(F)c(F)c3)nc2n1CC(F)(F)F. The van der Waals surface area contributed by atoms with Gasteiger partial charge >= 0.3 is 6.18 Å². The van der Waals surface area contributed by atoms with Crippen molar-refractivity contribution in [2.75, 3.05) is 5.32 Å². The number of hydrogen-bond donors (Lipinski definition) is 1. The molecule has 1 aromatic carbocycles. The maximum Gasteiger partial charge on any atom is 0.406 e. The van der Waals surface area contributed by atoms with E-state index in [1.54, 1.807) is 0 Å². The molecule has 130 valence electrons. The number of pyridine rings is 1. The van der Waals surface area contributed by atoms with Crippen LogP contribution in [0.25, 0.3) is 11.0 Å². The molecule has 10 heteroatoms. The van der Waals surface area contributed by atoms with E-state index in [0.29, 0.717) is 4.57 Å².